The Hall–Kier alpha value is -1.95. The van der Waals surface area contributed by atoms with Crippen molar-refractivity contribution in [1.29, 1.82) is 0 Å². The van der Waals surface area contributed by atoms with Crippen LogP contribution in [-0.4, -0.2) is 44.4 Å². The third kappa shape index (κ3) is 5.28. The number of piperazine rings is 1. The molecule has 4 N–H and O–H groups in total. The predicted octanol–water partition coefficient (Wildman–Crippen LogP) is 0.824. The Kier molecular flexibility index (Phi) is 6.83. The van der Waals surface area contributed by atoms with Gasteiger partial charge in [-0.25, -0.2) is 0 Å². The van der Waals surface area contributed by atoms with E-state index in [9.17, 15) is 0 Å². The van der Waals surface area contributed by atoms with Gasteiger partial charge in [0, 0.05) is 11.3 Å². The zero-order valence-electron chi connectivity index (χ0n) is 16.6. The first kappa shape index (κ1) is 19.8. The van der Waals surface area contributed by atoms with Gasteiger partial charge in [-0.05, 0) is 37.7 Å². The standard InChI is InChI=1S/C22H30N4S/c1-17-9-7-8-12-20(17)24-22(27)23-18(2)21(19-10-5-4-6-11-19)26-15-13-25(3)14-16-26/h4-12,18,21H,13-16H2,1-3H3,(H2,23,24,27)/p+2/t18-,21+/m1/s1. The van der Waals surface area contributed by atoms with Crippen LogP contribution >= 0.6 is 12.2 Å². The largest absolute Gasteiger partial charge is 0.354 e. The monoisotopic (exact) mass is 384 g/mol. The molecule has 0 aliphatic carbocycles. The average molecular weight is 385 g/mol. The minimum Gasteiger partial charge on any atom is -0.354 e. The number of benzene rings is 2. The smallest absolute Gasteiger partial charge is 0.171 e. The van der Waals surface area contributed by atoms with Crippen molar-refractivity contribution in [3.05, 3.63) is 65.7 Å². The molecule has 4 nitrogen and oxygen atoms in total. The van der Waals surface area contributed by atoms with E-state index < -0.39 is 0 Å². The molecule has 0 bridgehead atoms. The van der Waals surface area contributed by atoms with Crippen LogP contribution in [-0.2, 0) is 0 Å². The fourth-order valence-electron chi connectivity index (χ4n) is 4.01. The maximum Gasteiger partial charge on any atom is 0.171 e. The topological polar surface area (TPSA) is 32.9 Å². The first-order chi connectivity index (χ1) is 13.0. The normalized spacial score (nSPS) is 21.9. The maximum atomic E-state index is 5.63. The highest BCUT2D eigenvalue weighted by Crippen LogP contribution is 2.16. The van der Waals surface area contributed by atoms with E-state index in [0.29, 0.717) is 11.2 Å². The Balaban J connectivity index is 1.71. The van der Waals surface area contributed by atoms with Crippen LogP contribution in [0.3, 0.4) is 0 Å². The van der Waals surface area contributed by atoms with E-state index in [1.165, 1.54) is 37.3 Å². The van der Waals surface area contributed by atoms with Crippen LogP contribution in [0.1, 0.15) is 24.1 Å². The lowest BCUT2D eigenvalue weighted by atomic mass is 9.98. The first-order valence-electron chi connectivity index (χ1n) is 9.88. The molecule has 0 unspecified atom stereocenters. The van der Waals surface area contributed by atoms with E-state index in [2.05, 4.69) is 74.0 Å². The molecular weight excluding hydrogens is 352 g/mol. The van der Waals surface area contributed by atoms with Crippen LogP contribution in [0.4, 0.5) is 5.69 Å². The molecule has 2 aromatic rings. The molecule has 2 atom stereocenters. The molecule has 0 radical (unpaired) electrons. The molecule has 1 saturated heterocycles. The lowest BCUT2D eigenvalue weighted by molar-refractivity contribution is -1.02. The van der Waals surface area contributed by atoms with Gasteiger partial charge in [-0.2, -0.15) is 0 Å². The second-order valence-electron chi connectivity index (χ2n) is 7.71. The Morgan fingerprint density at radius 2 is 1.59 bits per heavy atom. The second-order valence-corrected chi connectivity index (χ2v) is 8.11. The third-order valence-corrected chi connectivity index (χ3v) is 5.82. The highest BCUT2D eigenvalue weighted by atomic mass is 32.1. The van der Waals surface area contributed by atoms with Gasteiger partial charge >= 0.3 is 0 Å². The van der Waals surface area contributed by atoms with Crippen molar-refractivity contribution in [3.8, 4) is 0 Å². The molecular formula is C22H32N4S+2. The summed E-state index contributed by atoms with van der Waals surface area (Å²) in [5.74, 6) is 0. The van der Waals surface area contributed by atoms with Gasteiger partial charge in [0.15, 0.2) is 5.11 Å². The summed E-state index contributed by atoms with van der Waals surface area (Å²) in [6, 6.07) is 19.7. The lowest BCUT2D eigenvalue weighted by Gasteiger charge is -2.37. The summed E-state index contributed by atoms with van der Waals surface area (Å²) in [6.45, 7) is 9.17. The summed E-state index contributed by atoms with van der Waals surface area (Å²) in [4.78, 5) is 3.27. The van der Waals surface area contributed by atoms with Crippen molar-refractivity contribution in [2.24, 2.45) is 0 Å². The molecule has 1 aliphatic heterocycles. The van der Waals surface area contributed by atoms with Crippen LogP contribution in [0, 0.1) is 6.92 Å². The molecule has 0 aromatic heterocycles. The molecule has 0 spiro atoms. The highest BCUT2D eigenvalue weighted by molar-refractivity contribution is 7.80. The van der Waals surface area contributed by atoms with Crippen molar-refractivity contribution in [1.82, 2.24) is 5.32 Å². The molecule has 2 aromatic carbocycles. The van der Waals surface area contributed by atoms with Gasteiger partial charge in [0.25, 0.3) is 0 Å². The SMILES string of the molecule is Cc1ccccc1NC(=S)N[C@H](C)[C@@H](c1ccccc1)[NH+]1CC[NH+](C)CC1. The van der Waals surface area contributed by atoms with Crippen molar-refractivity contribution in [2.45, 2.75) is 25.9 Å². The van der Waals surface area contributed by atoms with Gasteiger partial charge < -0.3 is 20.4 Å². The molecule has 5 heteroatoms. The minimum atomic E-state index is 0.241. The molecule has 27 heavy (non-hydrogen) atoms. The number of aryl methyl sites for hydroxylation is 1. The minimum absolute atomic E-state index is 0.241. The zero-order chi connectivity index (χ0) is 19.2. The highest BCUT2D eigenvalue weighted by Gasteiger charge is 2.33. The number of anilines is 1. The van der Waals surface area contributed by atoms with E-state index in [4.69, 9.17) is 12.2 Å². The summed E-state index contributed by atoms with van der Waals surface area (Å²) in [5, 5.41) is 7.61. The van der Waals surface area contributed by atoms with Crippen molar-refractivity contribution >= 4 is 23.0 Å². The van der Waals surface area contributed by atoms with E-state index >= 15 is 0 Å². The van der Waals surface area contributed by atoms with Crippen molar-refractivity contribution in [3.63, 3.8) is 0 Å². The van der Waals surface area contributed by atoms with Crippen molar-refractivity contribution in [2.75, 3.05) is 38.5 Å². The number of thiocarbonyl (C=S) groups is 1. The van der Waals surface area contributed by atoms with Crippen LogP contribution in [0.25, 0.3) is 0 Å². The Bertz CT molecular complexity index is 741. The summed E-state index contributed by atoms with van der Waals surface area (Å²) < 4.78 is 0. The third-order valence-electron chi connectivity index (χ3n) is 5.60. The zero-order valence-corrected chi connectivity index (χ0v) is 17.4. The van der Waals surface area contributed by atoms with E-state index in [-0.39, 0.29) is 6.04 Å². The summed E-state index contributed by atoms with van der Waals surface area (Å²) in [6.07, 6.45) is 0. The first-order valence-corrected chi connectivity index (χ1v) is 10.3. The van der Waals surface area contributed by atoms with Gasteiger partial charge in [0.2, 0.25) is 0 Å². The average Bonchev–Trinajstić information content (AvgIpc) is 2.66. The summed E-state index contributed by atoms with van der Waals surface area (Å²) in [5.41, 5.74) is 3.64. The second kappa shape index (κ2) is 9.31. The van der Waals surface area contributed by atoms with E-state index in [1.54, 1.807) is 9.80 Å². The molecule has 3 rings (SSSR count). The van der Waals surface area contributed by atoms with Crippen LogP contribution < -0.4 is 20.4 Å². The van der Waals surface area contributed by atoms with Gasteiger partial charge in [-0.1, -0.05) is 48.5 Å². The number of likely N-dealkylation sites (N-methyl/N-ethyl adjacent to an activating group) is 1. The molecule has 0 saturated carbocycles. The Labute approximate surface area is 168 Å². The molecule has 0 amide bonds. The van der Waals surface area contributed by atoms with Gasteiger partial charge in [0.05, 0.1) is 13.1 Å². The van der Waals surface area contributed by atoms with E-state index in [0.717, 1.165) is 5.69 Å². The van der Waals surface area contributed by atoms with Gasteiger partial charge in [-0.15, -0.1) is 0 Å². The van der Waals surface area contributed by atoms with Gasteiger partial charge in [0.1, 0.15) is 32.2 Å². The number of nitrogens with one attached hydrogen (secondary N) is 4. The number of quaternary nitrogens is 2. The predicted molar refractivity (Wildman–Crippen MR) is 116 cm³/mol. The number of hydrogen-bond acceptors (Lipinski definition) is 1. The van der Waals surface area contributed by atoms with E-state index in [1.807, 2.05) is 12.1 Å². The molecule has 1 fully saturated rings. The summed E-state index contributed by atoms with van der Waals surface area (Å²) >= 11 is 5.63. The lowest BCUT2D eigenvalue weighted by Crippen LogP contribution is -3.27. The quantitative estimate of drug-likeness (QED) is 0.576. The van der Waals surface area contributed by atoms with Crippen LogP contribution in [0.15, 0.2) is 54.6 Å². The summed E-state index contributed by atoms with van der Waals surface area (Å²) in [7, 11) is 2.29. The number of hydrogen-bond donors (Lipinski definition) is 4. The Morgan fingerprint density at radius 3 is 2.26 bits per heavy atom. The van der Waals surface area contributed by atoms with Crippen LogP contribution in [0.5, 0.6) is 0 Å². The Morgan fingerprint density at radius 1 is 0.963 bits per heavy atom. The fraction of sp³-hybridized carbons (Fsp3) is 0.409. The maximum absolute atomic E-state index is 5.63. The van der Waals surface area contributed by atoms with Crippen LogP contribution in [0.2, 0.25) is 0 Å². The van der Waals surface area contributed by atoms with Crippen molar-refractivity contribution < 1.29 is 9.80 Å². The molecule has 144 valence electrons. The molecule has 1 heterocycles. The number of rotatable bonds is 5. The van der Waals surface area contributed by atoms with Gasteiger partial charge in [-0.3, -0.25) is 0 Å². The molecule has 1 aliphatic rings. The fourth-order valence-corrected chi connectivity index (χ4v) is 4.30. The number of para-hydroxylation sites is 1.